The zero-order chi connectivity index (χ0) is 13.1. The first-order valence-corrected chi connectivity index (χ1v) is 7.57. The van der Waals surface area contributed by atoms with Crippen molar-refractivity contribution in [3.8, 4) is 0 Å². The molecule has 5 nitrogen and oxygen atoms in total. The predicted octanol–water partition coefficient (Wildman–Crippen LogP) is 1.97. The molecule has 3 rings (SSSR count). The van der Waals surface area contributed by atoms with Gasteiger partial charge in [-0.1, -0.05) is 12.8 Å². The minimum atomic E-state index is 0.385. The molecule has 2 heterocycles. The monoisotopic (exact) mass is 264 g/mol. The number of hydrogen-bond donors (Lipinski definition) is 1. The van der Waals surface area contributed by atoms with Gasteiger partial charge in [-0.15, -0.1) is 10.2 Å². The molecule has 0 amide bonds. The highest BCUT2D eigenvalue weighted by Gasteiger charge is 2.23. The van der Waals surface area contributed by atoms with Crippen molar-refractivity contribution < 1.29 is 4.74 Å². The van der Waals surface area contributed by atoms with Crippen molar-refractivity contribution in [2.45, 2.75) is 64.2 Å². The molecule has 5 heteroatoms. The Bertz CT molecular complexity index is 406. The van der Waals surface area contributed by atoms with Crippen LogP contribution in [0, 0.1) is 6.92 Å². The SMILES string of the molecule is Cc1nnc(COC2CCNCC2)n1C1CCCC1. The van der Waals surface area contributed by atoms with Gasteiger partial charge in [0.05, 0.1) is 6.10 Å². The molecular formula is C14H24N4O. The van der Waals surface area contributed by atoms with E-state index in [0.717, 1.165) is 37.6 Å². The lowest BCUT2D eigenvalue weighted by molar-refractivity contribution is 0.0157. The Morgan fingerprint density at radius 1 is 1.16 bits per heavy atom. The summed E-state index contributed by atoms with van der Waals surface area (Å²) in [5.74, 6) is 2.05. The highest BCUT2D eigenvalue weighted by Crippen LogP contribution is 2.31. The molecule has 0 radical (unpaired) electrons. The van der Waals surface area contributed by atoms with Crippen LogP contribution in [0.3, 0.4) is 0 Å². The summed E-state index contributed by atoms with van der Waals surface area (Å²) >= 11 is 0. The lowest BCUT2D eigenvalue weighted by atomic mass is 10.1. The van der Waals surface area contributed by atoms with Crippen LogP contribution in [0.25, 0.3) is 0 Å². The fourth-order valence-corrected chi connectivity index (χ4v) is 3.30. The summed E-state index contributed by atoms with van der Waals surface area (Å²) in [7, 11) is 0. The Balaban J connectivity index is 1.63. The molecule has 0 aromatic carbocycles. The van der Waals surface area contributed by atoms with Gasteiger partial charge in [-0.05, 0) is 45.7 Å². The van der Waals surface area contributed by atoms with Gasteiger partial charge in [-0.25, -0.2) is 0 Å². The smallest absolute Gasteiger partial charge is 0.159 e. The van der Waals surface area contributed by atoms with E-state index in [1.807, 2.05) is 0 Å². The summed E-state index contributed by atoms with van der Waals surface area (Å²) < 4.78 is 8.33. The molecule has 1 aliphatic heterocycles. The number of aromatic nitrogens is 3. The third-order valence-electron chi connectivity index (χ3n) is 4.36. The van der Waals surface area contributed by atoms with Crippen molar-refractivity contribution in [1.29, 1.82) is 0 Å². The Morgan fingerprint density at radius 2 is 1.89 bits per heavy atom. The van der Waals surface area contributed by atoms with E-state index in [2.05, 4.69) is 27.0 Å². The lowest BCUT2D eigenvalue weighted by Crippen LogP contribution is -2.32. The molecule has 1 aromatic heterocycles. The van der Waals surface area contributed by atoms with Crippen molar-refractivity contribution >= 4 is 0 Å². The Labute approximate surface area is 114 Å². The summed E-state index contributed by atoms with van der Waals surface area (Å²) in [4.78, 5) is 0. The van der Waals surface area contributed by atoms with Crippen LogP contribution in [0.5, 0.6) is 0 Å². The second kappa shape index (κ2) is 6.01. The maximum Gasteiger partial charge on any atom is 0.159 e. The first kappa shape index (κ1) is 13.1. The van der Waals surface area contributed by atoms with Gasteiger partial charge in [0.25, 0.3) is 0 Å². The van der Waals surface area contributed by atoms with Crippen LogP contribution in [0.2, 0.25) is 0 Å². The van der Waals surface area contributed by atoms with Crippen LogP contribution in [-0.2, 0) is 11.3 Å². The quantitative estimate of drug-likeness (QED) is 0.903. The van der Waals surface area contributed by atoms with Crippen LogP contribution in [0.4, 0.5) is 0 Å². The second-order valence-corrected chi connectivity index (χ2v) is 5.73. The van der Waals surface area contributed by atoms with Crippen molar-refractivity contribution in [3.05, 3.63) is 11.6 Å². The highest BCUT2D eigenvalue weighted by molar-refractivity contribution is 4.97. The summed E-state index contributed by atoms with van der Waals surface area (Å²) in [6.45, 7) is 4.80. The minimum absolute atomic E-state index is 0.385. The normalized spacial score (nSPS) is 22.2. The summed E-state index contributed by atoms with van der Waals surface area (Å²) in [6.07, 6.45) is 7.79. The number of rotatable bonds is 4. The van der Waals surface area contributed by atoms with Gasteiger partial charge in [0.2, 0.25) is 0 Å². The molecule has 1 aromatic rings. The predicted molar refractivity (Wildman–Crippen MR) is 72.9 cm³/mol. The van der Waals surface area contributed by atoms with Gasteiger partial charge in [0.15, 0.2) is 5.82 Å². The molecule has 106 valence electrons. The molecular weight excluding hydrogens is 240 g/mol. The van der Waals surface area contributed by atoms with Gasteiger partial charge < -0.3 is 14.6 Å². The highest BCUT2D eigenvalue weighted by atomic mass is 16.5. The van der Waals surface area contributed by atoms with Crippen molar-refractivity contribution in [2.24, 2.45) is 0 Å². The van der Waals surface area contributed by atoms with E-state index in [1.54, 1.807) is 0 Å². The van der Waals surface area contributed by atoms with Crippen molar-refractivity contribution in [1.82, 2.24) is 20.1 Å². The Morgan fingerprint density at radius 3 is 2.63 bits per heavy atom. The van der Waals surface area contributed by atoms with Crippen LogP contribution < -0.4 is 5.32 Å². The van der Waals surface area contributed by atoms with E-state index in [-0.39, 0.29) is 0 Å². The minimum Gasteiger partial charge on any atom is -0.370 e. The number of piperidine rings is 1. The summed E-state index contributed by atoms with van der Waals surface area (Å²) in [5, 5.41) is 11.9. The second-order valence-electron chi connectivity index (χ2n) is 5.73. The number of nitrogens with one attached hydrogen (secondary N) is 1. The van der Waals surface area contributed by atoms with Gasteiger partial charge in [-0.2, -0.15) is 0 Å². The van der Waals surface area contributed by atoms with E-state index < -0.39 is 0 Å². The average molecular weight is 264 g/mol. The topological polar surface area (TPSA) is 52.0 Å². The summed E-state index contributed by atoms with van der Waals surface area (Å²) in [5.41, 5.74) is 0. The van der Waals surface area contributed by atoms with E-state index >= 15 is 0 Å². The standard InChI is InChI=1S/C14H24N4O/c1-11-16-17-14(18(11)12-4-2-3-5-12)10-19-13-6-8-15-9-7-13/h12-13,15H,2-10H2,1H3. The first-order chi connectivity index (χ1) is 9.34. The van der Waals surface area contributed by atoms with Crippen LogP contribution in [0.15, 0.2) is 0 Å². The molecule has 0 unspecified atom stereocenters. The lowest BCUT2D eigenvalue weighted by Gasteiger charge is -2.23. The van der Waals surface area contributed by atoms with Gasteiger partial charge in [0.1, 0.15) is 12.4 Å². The third-order valence-corrected chi connectivity index (χ3v) is 4.36. The van der Waals surface area contributed by atoms with Gasteiger partial charge >= 0.3 is 0 Å². The van der Waals surface area contributed by atoms with Crippen LogP contribution in [0.1, 0.15) is 56.2 Å². The Hall–Kier alpha value is -0.940. The third kappa shape index (κ3) is 2.98. The molecule has 1 saturated carbocycles. The van der Waals surface area contributed by atoms with Gasteiger partial charge in [0, 0.05) is 6.04 Å². The first-order valence-electron chi connectivity index (χ1n) is 7.57. The maximum absolute atomic E-state index is 6.02. The zero-order valence-corrected chi connectivity index (χ0v) is 11.8. The number of nitrogens with zero attached hydrogens (tertiary/aromatic N) is 3. The van der Waals surface area contributed by atoms with E-state index in [1.165, 1.54) is 25.7 Å². The largest absolute Gasteiger partial charge is 0.370 e. The number of ether oxygens (including phenoxy) is 1. The van der Waals surface area contributed by atoms with Gasteiger partial charge in [-0.3, -0.25) is 0 Å². The molecule has 0 spiro atoms. The molecule has 2 fully saturated rings. The van der Waals surface area contributed by atoms with E-state index in [9.17, 15) is 0 Å². The molecule has 1 N–H and O–H groups in total. The fraction of sp³-hybridized carbons (Fsp3) is 0.857. The molecule has 0 bridgehead atoms. The zero-order valence-electron chi connectivity index (χ0n) is 11.8. The average Bonchev–Trinajstić information content (AvgIpc) is 3.07. The summed E-state index contributed by atoms with van der Waals surface area (Å²) in [6, 6.07) is 0.599. The number of aryl methyl sites for hydroxylation is 1. The maximum atomic E-state index is 6.02. The molecule has 0 atom stereocenters. The van der Waals surface area contributed by atoms with E-state index in [4.69, 9.17) is 4.74 Å². The molecule has 1 saturated heterocycles. The molecule has 19 heavy (non-hydrogen) atoms. The molecule has 2 aliphatic rings. The fourth-order valence-electron chi connectivity index (χ4n) is 3.30. The molecule has 1 aliphatic carbocycles. The van der Waals surface area contributed by atoms with E-state index in [0.29, 0.717) is 18.8 Å². The number of hydrogen-bond acceptors (Lipinski definition) is 4. The van der Waals surface area contributed by atoms with Crippen molar-refractivity contribution in [3.63, 3.8) is 0 Å². The van der Waals surface area contributed by atoms with Crippen LogP contribution >= 0.6 is 0 Å². The van der Waals surface area contributed by atoms with Crippen molar-refractivity contribution in [2.75, 3.05) is 13.1 Å². The Kier molecular flexibility index (Phi) is 4.13. The van der Waals surface area contributed by atoms with Crippen LogP contribution in [-0.4, -0.2) is 34.0 Å².